The number of carboxylic acids is 1. The van der Waals surface area contributed by atoms with Crippen LogP contribution >= 0.6 is 24.0 Å². The third kappa shape index (κ3) is 5.30. The fraction of sp³-hybridized carbons (Fsp3) is 0.389. The molecule has 0 saturated carbocycles. The first-order valence-electron chi connectivity index (χ1n) is 8.28. The van der Waals surface area contributed by atoms with Gasteiger partial charge in [0.15, 0.2) is 6.23 Å². The summed E-state index contributed by atoms with van der Waals surface area (Å²) in [5.74, 6) is -1.44. The van der Waals surface area contributed by atoms with Crippen LogP contribution in [-0.4, -0.2) is 50.1 Å². The average molecular weight is 395 g/mol. The molecule has 140 valence electrons. The van der Waals surface area contributed by atoms with Gasteiger partial charge in [-0.15, -0.1) is 0 Å². The van der Waals surface area contributed by atoms with Crippen LogP contribution < -0.4 is 5.32 Å². The lowest BCUT2D eigenvalue weighted by atomic mass is 10.1. The summed E-state index contributed by atoms with van der Waals surface area (Å²) in [6, 6.07) is 7.01. The Hall–Kier alpha value is -1.90. The molecule has 1 fully saturated rings. The molecule has 1 aromatic carbocycles. The zero-order valence-corrected chi connectivity index (χ0v) is 16.3. The molecule has 3 N–H and O–H groups in total. The molecule has 1 aromatic rings. The zero-order valence-electron chi connectivity index (χ0n) is 14.6. The van der Waals surface area contributed by atoms with E-state index in [0.717, 1.165) is 11.1 Å². The summed E-state index contributed by atoms with van der Waals surface area (Å²) < 4.78 is 0.494. The summed E-state index contributed by atoms with van der Waals surface area (Å²) in [6.07, 6.45) is 1.34. The maximum atomic E-state index is 11.9. The molecular formula is C18H22N2O4S2. The summed E-state index contributed by atoms with van der Waals surface area (Å²) in [7, 11) is 0. The van der Waals surface area contributed by atoms with Crippen LogP contribution in [0.3, 0.4) is 0 Å². The number of rotatable bonds is 7. The highest BCUT2D eigenvalue weighted by Crippen LogP contribution is 2.35. The van der Waals surface area contributed by atoms with Crippen LogP contribution in [0.15, 0.2) is 29.2 Å². The van der Waals surface area contributed by atoms with E-state index in [0.29, 0.717) is 15.6 Å². The van der Waals surface area contributed by atoms with E-state index in [2.05, 4.69) is 5.32 Å². The first-order valence-corrected chi connectivity index (χ1v) is 9.51. The van der Waals surface area contributed by atoms with Gasteiger partial charge in [0.2, 0.25) is 5.91 Å². The van der Waals surface area contributed by atoms with Gasteiger partial charge in [0.05, 0.1) is 0 Å². The number of aliphatic hydroxyl groups is 1. The van der Waals surface area contributed by atoms with Crippen molar-refractivity contribution < 1.29 is 19.8 Å². The molecule has 1 aliphatic heterocycles. The maximum Gasteiger partial charge on any atom is 0.326 e. The van der Waals surface area contributed by atoms with Crippen molar-refractivity contribution in [2.24, 2.45) is 0 Å². The van der Waals surface area contributed by atoms with Crippen molar-refractivity contribution in [3.8, 4) is 0 Å². The Morgan fingerprint density at radius 2 is 2.04 bits per heavy atom. The van der Waals surface area contributed by atoms with Crippen LogP contribution in [0.5, 0.6) is 0 Å². The minimum atomic E-state index is -1.06. The molecule has 2 rings (SSSR count). The number of thioether (sulfide) groups is 1. The molecule has 1 amide bonds. The third-order valence-electron chi connectivity index (χ3n) is 4.00. The topological polar surface area (TPSA) is 89.9 Å². The van der Waals surface area contributed by atoms with Crippen molar-refractivity contribution in [1.29, 1.82) is 0 Å². The van der Waals surface area contributed by atoms with Crippen molar-refractivity contribution >= 4 is 46.3 Å². The number of hydrogen-bond acceptors (Lipinski definition) is 5. The number of thiocarbonyl (C=S) groups is 1. The second-order valence-electron chi connectivity index (χ2n) is 6.01. The van der Waals surface area contributed by atoms with Gasteiger partial charge >= 0.3 is 5.97 Å². The van der Waals surface area contributed by atoms with Crippen molar-refractivity contribution in [3.05, 3.63) is 40.3 Å². The Balaban J connectivity index is 1.96. The van der Waals surface area contributed by atoms with Gasteiger partial charge in [0.1, 0.15) is 10.4 Å². The summed E-state index contributed by atoms with van der Waals surface area (Å²) in [5.41, 5.74) is 2.12. The summed E-state index contributed by atoms with van der Waals surface area (Å²) >= 11 is 6.60. The van der Waals surface area contributed by atoms with Crippen LogP contribution in [-0.2, 0) is 9.59 Å². The second kappa shape index (κ2) is 9.16. The van der Waals surface area contributed by atoms with Crippen molar-refractivity contribution in [2.75, 3.05) is 6.54 Å². The molecule has 2 atom stereocenters. The highest BCUT2D eigenvalue weighted by atomic mass is 32.2. The molecule has 26 heavy (non-hydrogen) atoms. The summed E-state index contributed by atoms with van der Waals surface area (Å²) in [6.45, 7) is 3.92. The van der Waals surface area contributed by atoms with E-state index in [1.54, 1.807) is 11.8 Å². The zero-order chi connectivity index (χ0) is 19.3. The first-order chi connectivity index (χ1) is 12.3. The molecule has 6 nitrogen and oxygen atoms in total. The molecule has 0 aromatic heterocycles. The third-order valence-corrected chi connectivity index (χ3v) is 5.45. The Morgan fingerprint density at radius 1 is 1.38 bits per heavy atom. The van der Waals surface area contributed by atoms with Crippen LogP contribution in [0, 0.1) is 6.92 Å². The number of aryl methyl sites for hydroxylation is 1. The standard InChI is InChI=1S/C18H22N2O4S2/c1-3-13(17(23)24)19-15(21)8-9-20-16(22)14(26-18(20)25)10-12-6-4-11(2)5-7-12/h4-7,10,13,16,22H,3,8-9H2,1-2H3,(H,19,21)(H,23,24)/b14-10+. The number of amides is 1. The van der Waals surface area contributed by atoms with Gasteiger partial charge in [0.25, 0.3) is 0 Å². The number of nitrogens with one attached hydrogen (secondary N) is 1. The van der Waals surface area contributed by atoms with E-state index in [1.807, 2.05) is 37.3 Å². The van der Waals surface area contributed by atoms with Gasteiger partial charge in [0, 0.05) is 17.9 Å². The molecule has 1 saturated heterocycles. The number of carboxylic acid groups (broad SMARTS) is 1. The lowest BCUT2D eigenvalue weighted by molar-refractivity contribution is -0.141. The van der Waals surface area contributed by atoms with Crippen LogP contribution in [0.2, 0.25) is 0 Å². The minimum absolute atomic E-state index is 0.0549. The second-order valence-corrected chi connectivity index (χ2v) is 7.72. The number of benzene rings is 1. The van der Waals surface area contributed by atoms with E-state index in [9.17, 15) is 14.7 Å². The van der Waals surface area contributed by atoms with Gasteiger partial charge in [-0.1, -0.05) is 60.7 Å². The molecule has 0 bridgehead atoms. The smallest absolute Gasteiger partial charge is 0.326 e. The van der Waals surface area contributed by atoms with Crippen molar-refractivity contribution in [3.63, 3.8) is 0 Å². The Labute approximate surface area is 162 Å². The Morgan fingerprint density at radius 3 is 2.62 bits per heavy atom. The lowest BCUT2D eigenvalue weighted by Crippen LogP contribution is -2.42. The van der Waals surface area contributed by atoms with Crippen LogP contribution in [0.4, 0.5) is 0 Å². The highest BCUT2D eigenvalue weighted by molar-refractivity contribution is 8.25. The molecule has 8 heteroatoms. The average Bonchev–Trinajstić information content (AvgIpc) is 2.86. The number of carbonyl (C=O) groups is 2. The van der Waals surface area contributed by atoms with Gasteiger partial charge in [-0.25, -0.2) is 4.79 Å². The van der Waals surface area contributed by atoms with Crippen molar-refractivity contribution in [2.45, 2.75) is 39.0 Å². The van der Waals surface area contributed by atoms with E-state index >= 15 is 0 Å². The van der Waals surface area contributed by atoms with Crippen LogP contribution in [0.25, 0.3) is 6.08 Å². The molecule has 0 spiro atoms. The van der Waals surface area contributed by atoms with Gasteiger partial charge in [-0.05, 0) is 25.0 Å². The van der Waals surface area contributed by atoms with Gasteiger partial charge < -0.3 is 20.4 Å². The molecule has 0 radical (unpaired) electrons. The van der Waals surface area contributed by atoms with Crippen LogP contribution in [0.1, 0.15) is 30.9 Å². The van der Waals surface area contributed by atoms with Gasteiger partial charge in [-0.2, -0.15) is 0 Å². The first kappa shape index (κ1) is 20.4. The summed E-state index contributed by atoms with van der Waals surface area (Å²) in [4.78, 5) is 25.2. The molecular weight excluding hydrogens is 372 g/mol. The maximum absolute atomic E-state index is 11.9. The monoisotopic (exact) mass is 394 g/mol. The largest absolute Gasteiger partial charge is 0.480 e. The fourth-order valence-electron chi connectivity index (χ4n) is 2.44. The van der Waals surface area contributed by atoms with E-state index in [1.165, 1.54) is 11.8 Å². The van der Waals surface area contributed by atoms with Gasteiger partial charge in [-0.3, -0.25) is 4.79 Å². The van der Waals surface area contributed by atoms with Crippen molar-refractivity contribution in [1.82, 2.24) is 10.2 Å². The Kier molecular flexibility index (Phi) is 7.19. The van der Waals surface area contributed by atoms with E-state index < -0.39 is 18.2 Å². The molecule has 1 heterocycles. The Bertz CT molecular complexity index is 718. The van der Waals surface area contributed by atoms with E-state index in [4.69, 9.17) is 17.3 Å². The number of aliphatic hydroxyl groups excluding tert-OH is 1. The number of hydrogen-bond donors (Lipinski definition) is 3. The number of aliphatic carboxylic acids is 1. The quantitative estimate of drug-likeness (QED) is 0.612. The predicted molar refractivity (Wildman–Crippen MR) is 107 cm³/mol. The molecule has 1 aliphatic rings. The molecule has 0 aliphatic carbocycles. The highest BCUT2D eigenvalue weighted by Gasteiger charge is 2.32. The minimum Gasteiger partial charge on any atom is -0.480 e. The predicted octanol–water partition coefficient (Wildman–Crippen LogP) is 2.36. The lowest BCUT2D eigenvalue weighted by Gasteiger charge is -2.21. The molecule has 2 unspecified atom stereocenters. The summed E-state index contributed by atoms with van der Waals surface area (Å²) in [5, 5.41) is 21.9. The number of nitrogens with zero attached hydrogens (tertiary/aromatic N) is 1. The normalized spacial score (nSPS) is 19.7. The fourth-order valence-corrected chi connectivity index (χ4v) is 3.85. The number of carbonyl (C=O) groups excluding carboxylic acids is 1. The van der Waals surface area contributed by atoms with E-state index in [-0.39, 0.29) is 18.9 Å². The SMILES string of the molecule is CCC(NC(=O)CCN1C(=S)S/C(=C/c2ccc(C)cc2)C1O)C(=O)O.